The lowest BCUT2D eigenvalue weighted by atomic mass is 9.69. The molecule has 0 aromatic heterocycles. The zero-order chi connectivity index (χ0) is 10.1. The normalized spacial score (nSPS) is 48.6. The second-order valence-electron chi connectivity index (χ2n) is 5.31. The maximum Gasteiger partial charge on any atom is 0.00721 e. The Morgan fingerprint density at radius 1 is 1.14 bits per heavy atom. The lowest BCUT2D eigenvalue weighted by Gasteiger charge is -2.45. The minimum Gasteiger partial charge on any atom is -0.317 e. The highest BCUT2D eigenvalue weighted by atomic mass is 15.0. The maximum absolute atomic E-state index is 3.69. The van der Waals surface area contributed by atoms with Crippen LogP contribution < -0.4 is 10.6 Å². The summed E-state index contributed by atoms with van der Waals surface area (Å²) in [5, 5.41) is 7.14. The summed E-state index contributed by atoms with van der Waals surface area (Å²) in [6, 6.07) is 2.25. The molecule has 82 valence electrons. The van der Waals surface area contributed by atoms with Gasteiger partial charge in [-0.25, -0.2) is 0 Å². The molecule has 1 heterocycles. The summed E-state index contributed by atoms with van der Waals surface area (Å²) < 4.78 is 0. The Balaban J connectivity index is 1.99. The van der Waals surface area contributed by atoms with Gasteiger partial charge in [0.1, 0.15) is 0 Å². The van der Waals surface area contributed by atoms with Gasteiger partial charge in [-0.15, -0.1) is 0 Å². The van der Waals surface area contributed by atoms with Crippen molar-refractivity contribution in [3.05, 3.63) is 0 Å². The second kappa shape index (κ2) is 4.19. The average molecular weight is 196 g/mol. The van der Waals surface area contributed by atoms with E-state index in [9.17, 15) is 0 Å². The molecule has 0 radical (unpaired) electrons. The molecule has 4 unspecified atom stereocenters. The number of nitrogens with one attached hydrogen (secondary N) is 2. The molecule has 2 N–H and O–H groups in total. The van der Waals surface area contributed by atoms with Crippen molar-refractivity contribution in [2.45, 2.75) is 57.7 Å². The zero-order valence-electron chi connectivity index (χ0n) is 9.72. The molecular formula is C12H24N2. The van der Waals surface area contributed by atoms with Crippen LogP contribution in [0.15, 0.2) is 0 Å². The summed E-state index contributed by atoms with van der Waals surface area (Å²) in [7, 11) is 2.11. The van der Waals surface area contributed by atoms with Crippen LogP contribution in [-0.2, 0) is 0 Å². The molecule has 0 spiro atoms. The lowest BCUT2D eigenvalue weighted by molar-refractivity contribution is 0.101. The summed E-state index contributed by atoms with van der Waals surface area (Å²) in [6.07, 6.45) is 5.57. The fourth-order valence-electron chi connectivity index (χ4n) is 3.57. The molecular weight excluding hydrogens is 172 g/mol. The second-order valence-corrected chi connectivity index (χ2v) is 5.31. The van der Waals surface area contributed by atoms with Gasteiger partial charge in [-0.1, -0.05) is 0 Å². The predicted molar refractivity (Wildman–Crippen MR) is 60.4 cm³/mol. The van der Waals surface area contributed by atoms with E-state index >= 15 is 0 Å². The molecule has 0 aromatic rings. The number of hydrogen-bond acceptors (Lipinski definition) is 2. The summed E-state index contributed by atoms with van der Waals surface area (Å²) in [5.41, 5.74) is 0. The van der Waals surface area contributed by atoms with E-state index < -0.39 is 0 Å². The summed E-state index contributed by atoms with van der Waals surface area (Å²) in [6.45, 7) is 4.70. The molecule has 2 rings (SSSR count). The molecule has 5 atom stereocenters. The quantitative estimate of drug-likeness (QED) is 0.668. The third kappa shape index (κ3) is 1.96. The van der Waals surface area contributed by atoms with Gasteiger partial charge >= 0.3 is 0 Å². The molecule has 2 fully saturated rings. The fourth-order valence-corrected chi connectivity index (χ4v) is 3.57. The molecule has 0 amide bonds. The smallest absolute Gasteiger partial charge is 0.00721 e. The minimum atomic E-state index is 0.724. The first-order valence-electron chi connectivity index (χ1n) is 6.14. The number of rotatable bonds is 1. The van der Waals surface area contributed by atoms with Crippen LogP contribution >= 0.6 is 0 Å². The largest absolute Gasteiger partial charge is 0.317 e. The molecule has 2 aliphatic rings. The number of piperidine rings is 1. The predicted octanol–water partition coefficient (Wildman–Crippen LogP) is 1.76. The van der Waals surface area contributed by atoms with Crippen molar-refractivity contribution in [1.82, 2.24) is 10.6 Å². The van der Waals surface area contributed by atoms with E-state index in [4.69, 9.17) is 0 Å². The third-order valence-electron chi connectivity index (χ3n) is 4.30. The van der Waals surface area contributed by atoms with Gasteiger partial charge < -0.3 is 10.6 Å². The Hall–Kier alpha value is -0.0800. The Bertz CT molecular complexity index is 193. The van der Waals surface area contributed by atoms with Gasteiger partial charge in [0.25, 0.3) is 0 Å². The molecule has 2 nitrogen and oxygen atoms in total. The van der Waals surface area contributed by atoms with Crippen molar-refractivity contribution >= 4 is 0 Å². The average Bonchev–Trinajstić information content (AvgIpc) is 2.16. The molecule has 14 heavy (non-hydrogen) atoms. The highest BCUT2D eigenvalue weighted by Crippen LogP contribution is 2.38. The maximum atomic E-state index is 3.69. The van der Waals surface area contributed by atoms with Crippen LogP contribution in [0.5, 0.6) is 0 Å². The van der Waals surface area contributed by atoms with E-state index in [0.717, 1.165) is 30.0 Å². The molecule has 0 aromatic carbocycles. The van der Waals surface area contributed by atoms with E-state index in [1.165, 1.54) is 25.7 Å². The molecule has 1 saturated carbocycles. The van der Waals surface area contributed by atoms with E-state index in [0.29, 0.717) is 0 Å². The van der Waals surface area contributed by atoms with Gasteiger partial charge in [0.2, 0.25) is 0 Å². The first kappa shape index (κ1) is 10.4. The van der Waals surface area contributed by atoms with Crippen LogP contribution in [0.25, 0.3) is 0 Å². The number of hydrogen-bond donors (Lipinski definition) is 2. The van der Waals surface area contributed by atoms with E-state index in [-0.39, 0.29) is 0 Å². The highest BCUT2D eigenvalue weighted by molar-refractivity contribution is 4.93. The Labute approximate surface area is 87.8 Å². The van der Waals surface area contributed by atoms with Gasteiger partial charge in [-0.05, 0) is 58.4 Å². The van der Waals surface area contributed by atoms with Crippen molar-refractivity contribution in [3.63, 3.8) is 0 Å². The van der Waals surface area contributed by atoms with Crippen LogP contribution in [0.4, 0.5) is 0 Å². The Kier molecular flexibility index (Phi) is 3.13. The summed E-state index contributed by atoms with van der Waals surface area (Å²) >= 11 is 0. The van der Waals surface area contributed by atoms with E-state index in [1.54, 1.807) is 0 Å². The topological polar surface area (TPSA) is 24.1 Å². The van der Waals surface area contributed by atoms with Crippen LogP contribution in [0.1, 0.15) is 39.5 Å². The molecule has 0 bridgehead atoms. The SMILES string of the molecule is CNC1CCC2C(C1)C[C@H](C)NC2C. The van der Waals surface area contributed by atoms with Crippen molar-refractivity contribution in [3.8, 4) is 0 Å². The molecule has 2 heteroatoms. The highest BCUT2D eigenvalue weighted by Gasteiger charge is 2.37. The molecule has 1 aliphatic heterocycles. The standard InChI is InChI=1S/C12H24N2/c1-8-6-10-7-11(13-3)4-5-12(10)9(2)14-8/h8-14H,4-7H2,1-3H3/t8-,9?,10?,11?,12?/m0/s1. The zero-order valence-corrected chi connectivity index (χ0v) is 9.72. The van der Waals surface area contributed by atoms with E-state index in [1.807, 2.05) is 0 Å². The van der Waals surface area contributed by atoms with E-state index in [2.05, 4.69) is 31.5 Å². The van der Waals surface area contributed by atoms with Crippen molar-refractivity contribution in [2.24, 2.45) is 11.8 Å². The van der Waals surface area contributed by atoms with Gasteiger partial charge in [-0.2, -0.15) is 0 Å². The van der Waals surface area contributed by atoms with Crippen molar-refractivity contribution in [2.75, 3.05) is 7.05 Å². The third-order valence-corrected chi connectivity index (χ3v) is 4.30. The Morgan fingerprint density at radius 3 is 2.64 bits per heavy atom. The van der Waals surface area contributed by atoms with Crippen molar-refractivity contribution in [1.29, 1.82) is 0 Å². The number of fused-ring (bicyclic) bond motifs is 1. The minimum absolute atomic E-state index is 0.724. The summed E-state index contributed by atoms with van der Waals surface area (Å²) in [5.74, 6) is 1.91. The molecule has 1 aliphatic carbocycles. The lowest BCUT2D eigenvalue weighted by Crippen LogP contribution is -2.52. The van der Waals surface area contributed by atoms with Gasteiger partial charge in [0, 0.05) is 18.1 Å². The van der Waals surface area contributed by atoms with Crippen molar-refractivity contribution < 1.29 is 0 Å². The van der Waals surface area contributed by atoms with Gasteiger partial charge in [0.05, 0.1) is 0 Å². The monoisotopic (exact) mass is 196 g/mol. The van der Waals surface area contributed by atoms with Gasteiger partial charge in [0.15, 0.2) is 0 Å². The summed E-state index contributed by atoms with van der Waals surface area (Å²) in [4.78, 5) is 0. The Morgan fingerprint density at radius 2 is 1.93 bits per heavy atom. The van der Waals surface area contributed by atoms with Crippen LogP contribution in [0.2, 0.25) is 0 Å². The first-order chi connectivity index (χ1) is 6.70. The van der Waals surface area contributed by atoms with Gasteiger partial charge in [-0.3, -0.25) is 0 Å². The first-order valence-corrected chi connectivity index (χ1v) is 6.14. The molecule has 1 saturated heterocycles. The van der Waals surface area contributed by atoms with Crippen LogP contribution in [0, 0.1) is 11.8 Å². The van der Waals surface area contributed by atoms with Crippen LogP contribution in [0.3, 0.4) is 0 Å². The fraction of sp³-hybridized carbons (Fsp3) is 1.00. The van der Waals surface area contributed by atoms with Crippen LogP contribution in [-0.4, -0.2) is 25.2 Å².